The Hall–Kier alpha value is -6.07. The second-order valence-electron chi connectivity index (χ2n) is 20.3. The third-order valence-electron chi connectivity index (χ3n) is 15.4. The molecule has 4 aliphatic rings. The van der Waals surface area contributed by atoms with E-state index in [1.807, 2.05) is 35.1 Å². The van der Waals surface area contributed by atoms with Crippen molar-refractivity contribution in [1.82, 2.24) is 39.3 Å². The smallest absolute Gasteiger partial charge is 0.318 e. The maximum Gasteiger partial charge on any atom is 0.318 e. The SMILES string of the molecule is CCc1cnn2c(NCc3ccc(=O)n(CCOCCOCCCN4CCC[C@H]4COc4nc5c(c(N6CCN[C@@H](CC#N)C6)n4)CCN(c4cccc6cccc(Cl)c46)C5)c3)cc(N3CCCC[C@H]3CCO)nc12. The molecule has 75 heavy (non-hydrogen) atoms. The maximum absolute atomic E-state index is 12.9. The molecule has 0 aliphatic carbocycles. The summed E-state index contributed by atoms with van der Waals surface area (Å²) >= 11 is 6.80. The molecule has 0 saturated carbocycles. The summed E-state index contributed by atoms with van der Waals surface area (Å²) in [7, 11) is 0. The number of aromatic nitrogens is 6. The lowest BCUT2D eigenvalue weighted by atomic mass is 9.99. The highest BCUT2D eigenvalue weighted by molar-refractivity contribution is 6.36. The molecule has 3 atom stereocenters. The maximum atomic E-state index is 12.9. The van der Waals surface area contributed by atoms with E-state index in [9.17, 15) is 15.2 Å². The number of aryl methyl sites for hydroxylation is 1. The molecule has 3 saturated heterocycles. The van der Waals surface area contributed by atoms with Crippen LogP contribution < -0.4 is 35.6 Å². The van der Waals surface area contributed by atoms with Crippen LogP contribution in [0.2, 0.25) is 5.02 Å². The van der Waals surface area contributed by atoms with Crippen molar-refractivity contribution >= 4 is 51.2 Å². The summed E-state index contributed by atoms with van der Waals surface area (Å²) in [5, 5.41) is 33.9. The minimum absolute atomic E-state index is 0.0752. The number of pyridine rings is 1. The van der Waals surface area contributed by atoms with Gasteiger partial charge >= 0.3 is 6.01 Å². The number of hydrogen-bond donors (Lipinski definition) is 3. The molecular formula is C56H72ClN13O5. The van der Waals surface area contributed by atoms with E-state index in [1.54, 1.807) is 10.6 Å². The van der Waals surface area contributed by atoms with Crippen LogP contribution in [0.15, 0.2) is 71.8 Å². The number of ether oxygens (including phenoxy) is 3. The Kier molecular flexibility index (Phi) is 17.6. The Morgan fingerprint density at radius 2 is 1.80 bits per heavy atom. The van der Waals surface area contributed by atoms with Crippen LogP contribution in [0.3, 0.4) is 0 Å². The van der Waals surface area contributed by atoms with Crippen LogP contribution in [-0.2, 0) is 41.9 Å². The molecule has 0 spiro atoms. The normalized spacial score (nSPS) is 19.2. The van der Waals surface area contributed by atoms with Gasteiger partial charge in [-0.2, -0.15) is 24.8 Å². The van der Waals surface area contributed by atoms with E-state index in [0.29, 0.717) is 71.6 Å². The number of nitrogens with one attached hydrogen (secondary N) is 2. The summed E-state index contributed by atoms with van der Waals surface area (Å²) in [5.74, 6) is 2.66. The molecule has 6 aromatic rings. The van der Waals surface area contributed by atoms with E-state index < -0.39 is 0 Å². The van der Waals surface area contributed by atoms with Crippen molar-refractivity contribution in [2.75, 3.05) is 105 Å². The van der Waals surface area contributed by atoms with Crippen molar-refractivity contribution in [2.24, 2.45) is 0 Å². The van der Waals surface area contributed by atoms with Gasteiger partial charge in [-0.05, 0) is 87.4 Å². The standard InChI is InChI=1S/C56H72ClN13O5/c1-2-41-35-61-70-50(33-51(63-54(41)70)69-24-4-3-11-44(69)19-28-71)60-34-40-15-16-52(72)67(36-40)27-30-74-32-31-73-29-8-23-65-22-7-12-45(65)39-75-56-62-48-38-66(49-14-6-10-42-9-5-13-47(57)53(42)49)25-18-46(48)55(64-56)68-26-21-59-43(37-68)17-20-58/h5-6,9-10,13-16,33,35-36,43-45,59-60,71H,2-4,7-8,11-12,17-19,21-32,34,37-39H2,1H3/t43-,44-,45-/m0/s1. The Morgan fingerprint density at radius 1 is 0.933 bits per heavy atom. The van der Waals surface area contributed by atoms with Crippen molar-refractivity contribution in [3.05, 3.63) is 105 Å². The average Bonchev–Trinajstić information content (AvgIpc) is 4.08. The Bertz CT molecular complexity index is 2980. The molecule has 18 nitrogen and oxygen atoms in total. The minimum Gasteiger partial charge on any atom is -0.462 e. The molecule has 10 rings (SSSR count). The largest absolute Gasteiger partial charge is 0.462 e. The molecule has 0 unspecified atom stereocenters. The zero-order valence-electron chi connectivity index (χ0n) is 43.3. The molecule has 3 N–H and O–H groups in total. The van der Waals surface area contributed by atoms with Gasteiger partial charge in [-0.25, -0.2) is 4.98 Å². The monoisotopic (exact) mass is 1040 g/mol. The van der Waals surface area contributed by atoms with Crippen molar-refractivity contribution < 1.29 is 19.3 Å². The molecular weight excluding hydrogens is 970 g/mol. The van der Waals surface area contributed by atoms with Crippen molar-refractivity contribution in [3.8, 4) is 12.1 Å². The lowest BCUT2D eigenvalue weighted by molar-refractivity contribution is 0.0401. The van der Waals surface area contributed by atoms with Gasteiger partial charge < -0.3 is 49.2 Å². The fraction of sp³-hybridized carbons (Fsp3) is 0.536. The van der Waals surface area contributed by atoms with Gasteiger partial charge in [0.1, 0.15) is 24.1 Å². The number of anilines is 4. The number of aliphatic hydroxyl groups is 1. The van der Waals surface area contributed by atoms with Gasteiger partial charge in [0, 0.05) is 124 Å². The van der Waals surface area contributed by atoms with Gasteiger partial charge in [0.25, 0.3) is 5.56 Å². The van der Waals surface area contributed by atoms with Gasteiger partial charge in [0.2, 0.25) is 0 Å². The second kappa shape index (κ2) is 25.2. The topological polar surface area (TPSA) is 187 Å². The van der Waals surface area contributed by atoms with Gasteiger partial charge in [-0.15, -0.1) is 0 Å². The number of rotatable bonds is 23. The zero-order chi connectivity index (χ0) is 51.5. The first-order chi connectivity index (χ1) is 36.9. The molecule has 3 fully saturated rings. The van der Waals surface area contributed by atoms with Gasteiger partial charge in [0.15, 0.2) is 5.65 Å². The average molecular weight is 1040 g/mol. The molecule has 0 amide bonds. The van der Waals surface area contributed by atoms with Crippen LogP contribution >= 0.6 is 11.6 Å². The van der Waals surface area contributed by atoms with E-state index in [4.69, 9.17) is 40.8 Å². The van der Waals surface area contributed by atoms with E-state index in [0.717, 1.165) is 164 Å². The number of piperidine rings is 1. The van der Waals surface area contributed by atoms with Crippen LogP contribution in [0.25, 0.3) is 16.4 Å². The van der Waals surface area contributed by atoms with E-state index in [2.05, 4.69) is 78.7 Å². The molecule has 2 aromatic carbocycles. The van der Waals surface area contributed by atoms with E-state index >= 15 is 0 Å². The van der Waals surface area contributed by atoms with Crippen LogP contribution in [0.5, 0.6) is 6.01 Å². The predicted octanol–water partition coefficient (Wildman–Crippen LogP) is 6.62. The van der Waals surface area contributed by atoms with Gasteiger partial charge in [0.05, 0.1) is 55.8 Å². The number of fused-ring (bicyclic) bond motifs is 3. The summed E-state index contributed by atoms with van der Waals surface area (Å²) in [6.07, 6.45) is 12.9. The van der Waals surface area contributed by atoms with Crippen LogP contribution in [0, 0.1) is 11.3 Å². The predicted molar refractivity (Wildman–Crippen MR) is 293 cm³/mol. The zero-order valence-corrected chi connectivity index (χ0v) is 44.1. The molecule has 0 radical (unpaired) electrons. The van der Waals surface area contributed by atoms with Crippen molar-refractivity contribution in [3.63, 3.8) is 0 Å². The van der Waals surface area contributed by atoms with Gasteiger partial charge in [-0.3, -0.25) is 9.69 Å². The molecule has 398 valence electrons. The van der Waals surface area contributed by atoms with E-state index in [-0.39, 0.29) is 30.3 Å². The number of benzene rings is 2. The summed E-state index contributed by atoms with van der Waals surface area (Å²) in [6.45, 7) is 12.2. The van der Waals surface area contributed by atoms with Gasteiger partial charge in [-0.1, -0.05) is 48.9 Å². The number of nitrogens with zero attached hydrogens (tertiary/aromatic N) is 11. The highest BCUT2D eigenvalue weighted by Crippen LogP contribution is 2.37. The highest BCUT2D eigenvalue weighted by Gasteiger charge is 2.31. The number of likely N-dealkylation sites (tertiary alicyclic amines) is 1. The number of aliphatic hydroxyl groups excluding tert-OH is 1. The van der Waals surface area contributed by atoms with Crippen molar-refractivity contribution in [2.45, 2.75) is 109 Å². The molecule has 4 aromatic heterocycles. The first-order valence-corrected chi connectivity index (χ1v) is 27.6. The fourth-order valence-corrected chi connectivity index (χ4v) is 11.7. The lowest BCUT2D eigenvalue weighted by Gasteiger charge is -2.37. The van der Waals surface area contributed by atoms with Crippen LogP contribution in [0.4, 0.5) is 23.1 Å². The second-order valence-corrected chi connectivity index (χ2v) is 20.7. The highest BCUT2D eigenvalue weighted by atomic mass is 35.5. The first kappa shape index (κ1) is 52.4. The molecule has 19 heteroatoms. The Balaban J connectivity index is 0.683. The number of halogens is 1. The number of piperazine rings is 1. The Labute approximate surface area is 444 Å². The summed E-state index contributed by atoms with van der Waals surface area (Å²) in [4.78, 5) is 37.7. The number of hydrogen-bond acceptors (Lipinski definition) is 16. The minimum atomic E-state index is -0.0752. The molecule has 0 bridgehead atoms. The number of nitriles is 1. The summed E-state index contributed by atoms with van der Waals surface area (Å²) < 4.78 is 22.0. The van der Waals surface area contributed by atoms with Crippen LogP contribution in [-0.4, -0.2) is 143 Å². The first-order valence-electron chi connectivity index (χ1n) is 27.2. The third-order valence-corrected chi connectivity index (χ3v) is 15.7. The van der Waals surface area contributed by atoms with Crippen molar-refractivity contribution in [1.29, 1.82) is 5.26 Å². The third kappa shape index (κ3) is 12.5. The van der Waals surface area contributed by atoms with Crippen LogP contribution in [0.1, 0.15) is 80.7 Å². The quantitative estimate of drug-likeness (QED) is 0.0581. The van der Waals surface area contributed by atoms with E-state index in [1.165, 1.54) is 0 Å². The lowest BCUT2D eigenvalue weighted by Crippen LogP contribution is -2.51. The molecule has 8 heterocycles. The summed E-state index contributed by atoms with van der Waals surface area (Å²) in [6, 6.07) is 21.3. The Morgan fingerprint density at radius 3 is 2.67 bits per heavy atom. The summed E-state index contributed by atoms with van der Waals surface area (Å²) in [5.41, 5.74) is 6.03. The fourth-order valence-electron chi connectivity index (χ4n) is 11.5. The molecule has 4 aliphatic heterocycles.